The number of amides is 1. The molecule has 0 radical (unpaired) electrons. The van der Waals surface area contributed by atoms with Gasteiger partial charge in [-0.05, 0) is 53.3 Å². The lowest BCUT2D eigenvalue weighted by atomic mass is 10.2. The Morgan fingerprint density at radius 3 is 2.76 bits per heavy atom. The van der Waals surface area contributed by atoms with Crippen molar-refractivity contribution in [3.8, 4) is 5.69 Å². The van der Waals surface area contributed by atoms with E-state index in [0.29, 0.717) is 11.4 Å². The van der Waals surface area contributed by atoms with Crippen LogP contribution in [0.15, 0.2) is 60.7 Å². The minimum atomic E-state index is -0.403. The summed E-state index contributed by atoms with van der Waals surface area (Å²) in [6.07, 6.45) is 2.90. The second kappa shape index (κ2) is 7.48. The smallest absolute Gasteiger partial charge is 0.244 e. The van der Waals surface area contributed by atoms with E-state index in [9.17, 15) is 9.18 Å². The molecule has 2 aromatic carbocycles. The Morgan fingerprint density at radius 2 is 2.00 bits per heavy atom. The molecule has 25 heavy (non-hydrogen) atoms. The van der Waals surface area contributed by atoms with Crippen molar-refractivity contribution in [2.45, 2.75) is 13.0 Å². The van der Waals surface area contributed by atoms with Gasteiger partial charge in [0.1, 0.15) is 5.82 Å². The molecule has 0 unspecified atom stereocenters. The summed E-state index contributed by atoms with van der Waals surface area (Å²) in [6, 6.07) is 15.0. The fourth-order valence-electron chi connectivity index (χ4n) is 2.33. The lowest BCUT2D eigenvalue weighted by Gasteiger charge is -2.12. The molecule has 1 aromatic heterocycles. The summed E-state index contributed by atoms with van der Waals surface area (Å²) in [5, 5.41) is 14.4. The molecule has 0 fully saturated rings. The van der Waals surface area contributed by atoms with Crippen LogP contribution in [0.4, 0.5) is 4.39 Å². The van der Waals surface area contributed by atoms with Crippen molar-refractivity contribution in [1.82, 2.24) is 25.5 Å². The highest BCUT2D eigenvalue weighted by atomic mass is 19.1. The van der Waals surface area contributed by atoms with Crippen molar-refractivity contribution in [2.75, 3.05) is 0 Å². The number of carbonyl (C=O) groups is 1. The lowest BCUT2D eigenvalue weighted by molar-refractivity contribution is -0.117. The number of tetrazole rings is 1. The number of halogens is 1. The Kier molecular flexibility index (Phi) is 4.94. The average Bonchev–Trinajstić information content (AvgIpc) is 3.11. The van der Waals surface area contributed by atoms with Crippen LogP contribution in [0.2, 0.25) is 0 Å². The number of carbonyl (C=O) groups excluding carboxylic acids is 1. The number of aromatic nitrogens is 4. The largest absolute Gasteiger partial charge is 0.343 e. The van der Waals surface area contributed by atoms with E-state index in [-0.39, 0.29) is 11.7 Å². The first-order valence-corrected chi connectivity index (χ1v) is 7.71. The van der Waals surface area contributed by atoms with Crippen molar-refractivity contribution in [1.29, 1.82) is 0 Å². The number of nitrogens with one attached hydrogen (secondary N) is 1. The van der Waals surface area contributed by atoms with Crippen LogP contribution in [0, 0.1) is 5.82 Å². The first-order valence-electron chi connectivity index (χ1n) is 7.71. The molecule has 126 valence electrons. The molecule has 0 aliphatic carbocycles. The molecule has 0 saturated heterocycles. The van der Waals surface area contributed by atoms with Crippen molar-refractivity contribution < 1.29 is 9.18 Å². The molecule has 6 nitrogen and oxygen atoms in total. The molecule has 1 N–H and O–H groups in total. The summed E-state index contributed by atoms with van der Waals surface area (Å²) in [6.45, 7) is 1.79. The molecule has 1 heterocycles. The molecular weight excluding hydrogens is 321 g/mol. The summed E-state index contributed by atoms with van der Waals surface area (Å²) in [5.41, 5.74) is 1.41. The van der Waals surface area contributed by atoms with Crippen molar-refractivity contribution in [3.63, 3.8) is 0 Å². The van der Waals surface area contributed by atoms with Gasteiger partial charge in [0.15, 0.2) is 5.82 Å². The number of para-hydroxylation sites is 1. The molecule has 1 amide bonds. The summed E-state index contributed by atoms with van der Waals surface area (Å²) in [5.74, 6) is -0.156. The lowest BCUT2D eigenvalue weighted by Crippen LogP contribution is -2.27. The molecule has 3 rings (SSSR count). The second-order valence-electron chi connectivity index (χ2n) is 5.40. The van der Waals surface area contributed by atoms with Crippen LogP contribution in [0.25, 0.3) is 11.8 Å². The van der Waals surface area contributed by atoms with Gasteiger partial charge in [-0.2, -0.15) is 4.68 Å². The van der Waals surface area contributed by atoms with Gasteiger partial charge in [0.2, 0.25) is 5.91 Å². The second-order valence-corrected chi connectivity index (χ2v) is 5.40. The van der Waals surface area contributed by atoms with E-state index in [0.717, 1.165) is 5.69 Å². The normalized spacial score (nSPS) is 12.2. The van der Waals surface area contributed by atoms with Crippen LogP contribution in [-0.2, 0) is 4.79 Å². The number of hydrogen-bond donors (Lipinski definition) is 1. The molecule has 3 aromatic rings. The zero-order valence-electron chi connectivity index (χ0n) is 13.5. The van der Waals surface area contributed by atoms with Crippen LogP contribution in [0.5, 0.6) is 0 Å². The third-order valence-corrected chi connectivity index (χ3v) is 3.52. The maximum atomic E-state index is 13.1. The van der Waals surface area contributed by atoms with Gasteiger partial charge in [-0.15, -0.1) is 5.10 Å². The molecule has 0 bridgehead atoms. The van der Waals surface area contributed by atoms with Gasteiger partial charge in [-0.25, -0.2) is 4.39 Å². The van der Waals surface area contributed by atoms with Crippen molar-refractivity contribution in [3.05, 3.63) is 77.9 Å². The molecular formula is C18H16FN5O. The predicted molar refractivity (Wildman–Crippen MR) is 91.1 cm³/mol. The maximum Gasteiger partial charge on any atom is 0.244 e. The van der Waals surface area contributed by atoms with Gasteiger partial charge in [0.25, 0.3) is 0 Å². The average molecular weight is 337 g/mol. The van der Waals surface area contributed by atoms with Crippen LogP contribution < -0.4 is 5.32 Å². The Balaban J connectivity index is 1.70. The molecule has 0 saturated carbocycles. The molecule has 0 aliphatic heterocycles. The highest BCUT2D eigenvalue weighted by Crippen LogP contribution is 2.13. The van der Waals surface area contributed by atoms with Gasteiger partial charge < -0.3 is 5.32 Å². The van der Waals surface area contributed by atoms with E-state index < -0.39 is 6.04 Å². The number of rotatable bonds is 5. The predicted octanol–water partition coefficient (Wildman–Crippen LogP) is 2.69. The molecule has 7 heteroatoms. The fourth-order valence-corrected chi connectivity index (χ4v) is 2.33. The first kappa shape index (κ1) is 16.5. The third kappa shape index (κ3) is 4.14. The molecule has 1 atom stereocenters. The SMILES string of the molecule is C[C@@H](NC(=O)/C=C/c1cccc(F)c1)c1nnnn1-c1ccccc1. The minimum Gasteiger partial charge on any atom is -0.343 e. The van der Waals surface area contributed by atoms with Gasteiger partial charge in [0.05, 0.1) is 11.7 Å². The van der Waals surface area contributed by atoms with Gasteiger partial charge >= 0.3 is 0 Å². The van der Waals surface area contributed by atoms with Gasteiger partial charge in [-0.1, -0.05) is 30.3 Å². The quantitative estimate of drug-likeness (QED) is 0.727. The van der Waals surface area contributed by atoms with E-state index in [2.05, 4.69) is 20.8 Å². The highest BCUT2D eigenvalue weighted by molar-refractivity contribution is 5.91. The van der Waals surface area contributed by atoms with Crippen molar-refractivity contribution >= 4 is 12.0 Å². The summed E-state index contributed by atoms with van der Waals surface area (Å²) < 4.78 is 14.7. The Bertz CT molecular complexity index is 891. The highest BCUT2D eigenvalue weighted by Gasteiger charge is 2.16. The summed E-state index contributed by atoms with van der Waals surface area (Å²) in [7, 11) is 0. The topological polar surface area (TPSA) is 72.7 Å². The van der Waals surface area contributed by atoms with Gasteiger partial charge in [-0.3, -0.25) is 4.79 Å². The van der Waals surface area contributed by atoms with E-state index in [1.807, 2.05) is 30.3 Å². The minimum absolute atomic E-state index is 0.320. The summed E-state index contributed by atoms with van der Waals surface area (Å²) >= 11 is 0. The zero-order valence-corrected chi connectivity index (χ0v) is 13.5. The zero-order chi connectivity index (χ0) is 17.6. The van der Waals surface area contributed by atoms with Gasteiger partial charge in [0, 0.05) is 6.08 Å². The van der Waals surface area contributed by atoms with E-state index in [4.69, 9.17) is 0 Å². The summed E-state index contributed by atoms with van der Waals surface area (Å²) in [4.78, 5) is 12.1. The molecule has 0 spiro atoms. The van der Waals surface area contributed by atoms with E-state index in [1.54, 1.807) is 29.8 Å². The number of benzene rings is 2. The van der Waals surface area contributed by atoms with E-state index in [1.165, 1.54) is 18.2 Å². The Hall–Kier alpha value is -3.35. The Morgan fingerprint density at radius 1 is 1.20 bits per heavy atom. The van der Waals surface area contributed by atoms with Crippen LogP contribution in [0.1, 0.15) is 24.4 Å². The van der Waals surface area contributed by atoms with Crippen LogP contribution >= 0.6 is 0 Å². The standard InChI is InChI=1S/C18H16FN5O/c1-13(18-21-22-23-24(18)16-8-3-2-4-9-16)20-17(25)11-10-14-6-5-7-15(19)12-14/h2-13H,1H3,(H,20,25)/b11-10+/t13-/m1/s1. The monoisotopic (exact) mass is 337 g/mol. The first-order chi connectivity index (χ1) is 12.1. The number of nitrogens with zero attached hydrogens (tertiary/aromatic N) is 4. The fraction of sp³-hybridized carbons (Fsp3) is 0.111. The van der Waals surface area contributed by atoms with Crippen molar-refractivity contribution in [2.24, 2.45) is 0 Å². The Labute approximate surface area is 144 Å². The van der Waals surface area contributed by atoms with Crippen LogP contribution in [0.3, 0.4) is 0 Å². The van der Waals surface area contributed by atoms with E-state index >= 15 is 0 Å². The van der Waals surface area contributed by atoms with Crippen LogP contribution in [-0.4, -0.2) is 26.1 Å². The molecule has 0 aliphatic rings. The maximum absolute atomic E-state index is 13.1. The third-order valence-electron chi connectivity index (χ3n) is 3.52. The number of hydrogen-bond acceptors (Lipinski definition) is 4.